The number of guanidine groups is 1. The molecule has 1 amide bonds. The fourth-order valence-corrected chi connectivity index (χ4v) is 3.61. The first-order chi connectivity index (χ1) is 15.6. The van der Waals surface area contributed by atoms with E-state index in [9.17, 15) is 4.79 Å². The van der Waals surface area contributed by atoms with E-state index in [-0.39, 0.29) is 29.9 Å². The van der Waals surface area contributed by atoms with Gasteiger partial charge in [-0.25, -0.2) is 0 Å². The first kappa shape index (κ1) is 27.5. The fraction of sp³-hybridized carbons (Fsp3) is 0.667. The Bertz CT molecular complexity index is 754. The Morgan fingerprint density at radius 2 is 1.91 bits per heavy atom. The first-order valence-electron chi connectivity index (χ1n) is 11.9. The van der Waals surface area contributed by atoms with E-state index >= 15 is 0 Å². The lowest BCUT2D eigenvalue weighted by molar-refractivity contribution is -0.129. The highest BCUT2D eigenvalue weighted by molar-refractivity contribution is 14.0. The van der Waals surface area contributed by atoms with E-state index in [2.05, 4.69) is 29.5 Å². The van der Waals surface area contributed by atoms with Gasteiger partial charge < -0.3 is 29.7 Å². The van der Waals surface area contributed by atoms with Gasteiger partial charge in [0.25, 0.3) is 0 Å². The molecule has 0 atom stereocenters. The minimum absolute atomic E-state index is 0. The maximum absolute atomic E-state index is 12.3. The Kier molecular flexibility index (Phi) is 12.7. The minimum atomic E-state index is 0. The molecule has 0 aromatic heterocycles. The Morgan fingerprint density at radius 3 is 2.67 bits per heavy atom. The number of halogens is 1. The van der Waals surface area contributed by atoms with Gasteiger partial charge >= 0.3 is 0 Å². The molecule has 0 saturated carbocycles. The average molecular weight is 575 g/mol. The van der Waals surface area contributed by atoms with Crippen molar-refractivity contribution in [3.8, 4) is 11.5 Å². The summed E-state index contributed by atoms with van der Waals surface area (Å²) < 4.78 is 17.2. The molecular formula is C24H39IN4O4. The van der Waals surface area contributed by atoms with Crippen LogP contribution in [0, 0.1) is 5.92 Å². The number of rotatable bonds is 10. The van der Waals surface area contributed by atoms with E-state index < -0.39 is 0 Å². The molecule has 0 aliphatic carbocycles. The van der Waals surface area contributed by atoms with Gasteiger partial charge in [-0.1, -0.05) is 13.8 Å². The highest BCUT2D eigenvalue weighted by Crippen LogP contribution is 2.32. The van der Waals surface area contributed by atoms with Crippen LogP contribution in [0.3, 0.4) is 0 Å². The summed E-state index contributed by atoms with van der Waals surface area (Å²) in [6, 6.07) is 5.79. The third-order valence-electron chi connectivity index (χ3n) is 5.27. The SMILES string of the molecule is CC(C)COCCCN=C(NCCC(=O)N1CCCC1)Nc1ccc2c(c1)OCCCO2.I. The Labute approximate surface area is 214 Å². The van der Waals surface area contributed by atoms with E-state index in [0.717, 1.165) is 62.6 Å². The third-order valence-corrected chi connectivity index (χ3v) is 5.27. The van der Waals surface area contributed by atoms with Gasteiger partial charge in [-0.3, -0.25) is 9.79 Å². The maximum Gasteiger partial charge on any atom is 0.224 e. The van der Waals surface area contributed by atoms with Crippen LogP contribution >= 0.6 is 24.0 Å². The number of anilines is 1. The Hall–Kier alpha value is -1.75. The molecule has 0 bridgehead atoms. The van der Waals surface area contributed by atoms with Crippen LogP contribution in [0.1, 0.15) is 46.0 Å². The quantitative estimate of drug-likeness (QED) is 0.191. The molecule has 1 aromatic carbocycles. The lowest BCUT2D eigenvalue weighted by Crippen LogP contribution is -2.35. The number of nitrogens with one attached hydrogen (secondary N) is 2. The van der Waals surface area contributed by atoms with E-state index in [1.807, 2.05) is 23.1 Å². The van der Waals surface area contributed by atoms with Crippen molar-refractivity contribution in [3.05, 3.63) is 18.2 Å². The highest BCUT2D eigenvalue weighted by Gasteiger charge is 2.17. The molecule has 1 fully saturated rings. The predicted octanol–water partition coefficient (Wildman–Crippen LogP) is 3.90. The first-order valence-corrected chi connectivity index (χ1v) is 11.9. The van der Waals surface area contributed by atoms with Crippen LogP contribution in [0.15, 0.2) is 23.2 Å². The number of likely N-dealkylation sites (tertiary alicyclic amines) is 1. The summed E-state index contributed by atoms with van der Waals surface area (Å²) in [7, 11) is 0. The molecule has 8 nitrogen and oxygen atoms in total. The van der Waals surface area contributed by atoms with E-state index in [4.69, 9.17) is 14.2 Å². The summed E-state index contributed by atoms with van der Waals surface area (Å²) in [5.74, 6) is 2.88. The van der Waals surface area contributed by atoms with Crippen molar-refractivity contribution in [1.82, 2.24) is 10.2 Å². The monoisotopic (exact) mass is 574 g/mol. The Morgan fingerprint density at radius 1 is 1.15 bits per heavy atom. The van der Waals surface area contributed by atoms with Crippen LogP contribution in [-0.2, 0) is 9.53 Å². The van der Waals surface area contributed by atoms with E-state index in [1.54, 1.807) is 0 Å². The summed E-state index contributed by atoms with van der Waals surface area (Å²) in [6.45, 7) is 9.98. The second-order valence-corrected chi connectivity index (χ2v) is 8.65. The van der Waals surface area contributed by atoms with Gasteiger partial charge in [0.2, 0.25) is 5.91 Å². The second kappa shape index (κ2) is 15.2. The van der Waals surface area contributed by atoms with Gasteiger partial charge in [-0.2, -0.15) is 0 Å². The molecule has 3 rings (SSSR count). The van der Waals surface area contributed by atoms with Crippen LogP contribution in [0.5, 0.6) is 11.5 Å². The molecule has 2 aliphatic heterocycles. The predicted molar refractivity (Wildman–Crippen MR) is 142 cm³/mol. The van der Waals surface area contributed by atoms with Crippen LogP contribution < -0.4 is 20.1 Å². The largest absolute Gasteiger partial charge is 0.490 e. The zero-order valence-electron chi connectivity index (χ0n) is 19.9. The summed E-state index contributed by atoms with van der Waals surface area (Å²) in [6.07, 6.45) is 4.38. The fourth-order valence-electron chi connectivity index (χ4n) is 3.61. The summed E-state index contributed by atoms with van der Waals surface area (Å²) >= 11 is 0. The lowest BCUT2D eigenvalue weighted by Gasteiger charge is -2.17. The van der Waals surface area contributed by atoms with Crippen LogP contribution in [-0.4, -0.2) is 69.4 Å². The van der Waals surface area contributed by atoms with Crippen molar-refractivity contribution in [2.24, 2.45) is 10.9 Å². The zero-order valence-corrected chi connectivity index (χ0v) is 22.3. The average Bonchev–Trinajstić information content (AvgIpc) is 3.22. The topological polar surface area (TPSA) is 84.4 Å². The normalized spacial score (nSPS) is 15.7. The van der Waals surface area contributed by atoms with Gasteiger partial charge in [-0.15, -0.1) is 24.0 Å². The second-order valence-electron chi connectivity index (χ2n) is 8.65. The third kappa shape index (κ3) is 9.95. The van der Waals surface area contributed by atoms with Crippen molar-refractivity contribution in [3.63, 3.8) is 0 Å². The number of ether oxygens (including phenoxy) is 3. The molecule has 1 aromatic rings. The smallest absolute Gasteiger partial charge is 0.224 e. The van der Waals surface area contributed by atoms with E-state index in [1.165, 1.54) is 0 Å². The molecule has 2 aliphatic rings. The van der Waals surface area contributed by atoms with Gasteiger partial charge in [0.1, 0.15) is 0 Å². The number of nitrogens with zero attached hydrogens (tertiary/aromatic N) is 2. The van der Waals surface area contributed by atoms with Crippen molar-refractivity contribution in [2.75, 3.05) is 57.9 Å². The zero-order chi connectivity index (χ0) is 22.6. The Balaban J connectivity index is 0.00000385. The standard InChI is InChI=1S/C24H38N4O4.HI/c1-19(2)18-30-14-5-10-25-24(26-11-9-23(29)28-12-3-4-13-28)27-20-7-8-21-22(17-20)32-16-6-15-31-21;/h7-8,17,19H,3-6,9-16,18H2,1-2H3,(H2,25,26,27);1H. The van der Waals surface area contributed by atoms with Gasteiger partial charge in [0.15, 0.2) is 17.5 Å². The molecule has 0 spiro atoms. The molecule has 1 saturated heterocycles. The lowest BCUT2D eigenvalue weighted by atomic mass is 10.2. The van der Waals surface area contributed by atoms with Crippen molar-refractivity contribution < 1.29 is 19.0 Å². The summed E-state index contributed by atoms with van der Waals surface area (Å²) in [5, 5.41) is 6.64. The highest BCUT2D eigenvalue weighted by atomic mass is 127. The number of benzene rings is 1. The number of aliphatic imine (C=N–C) groups is 1. The molecular weight excluding hydrogens is 535 g/mol. The van der Waals surface area contributed by atoms with Crippen LogP contribution in [0.25, 0.3) is 0 Å². The maximum atomic E-state index is 12.3. The molecule has 186 valence electrons. The number of carbonyl (C=O) groups is 1. The molecule has 9 heteroatoms. The van der Waals surface area contributed by atoms with Crippen molar-refractivity contribution in [2.45, 2.75) is 46.0 Å². The van der Waals surface area contributed by atoms with E-state index in [0.29, 0.717) is 51.2 Å². The molecule has 2 N–H and O–H groups in total. The number of hydrogen-bond donors (Lipinski definition) is 2. The van der Waals surface area contributed by atoms with Crippen LogP contribution in [0.2, 0.25) is 0 Å². The van der Waals surface area contributed by atoms with Crippen molar-refractivity contribution >= 4 is 41.5 Å². The molecule has 2 heterocycles. The molecule has 33 heavy (non-hydrogen) atoms. The summed E-state index contributed by atoms with van der Waals surface area (Å²) in [5.41, 5.74) is 0.863. The molecule has 0 unspecified atom stereocenters. The number of amides is 1. The number of fused-ring (bicyclic) bond motifs is 1. The minimum Gasteiger partial charge on any atom is -0.490 e. The number of hydrogen-bond acceptors (Lipinski definition) is 5. The van der Waals surface area contributed by atoms with Crippen LogP contribution in [0.4, 0.5) is 5.69 Å². The number of carbonyl (C=O) groups excluding carboxylic acids is 1. The molecule has 0 radical (unpaired) electrons. The van der Waals surface area contributed by atoms with Crippen molar-refractivity contribution in [1.29, 1.82) is 0 Å². The van der Waals surface area contributed by atoms with Gasteiger partial charge in [0, 0.05) is 64.0 Å². The van der Waals surface area contributed by atoms with Gasteiger partial charge in [-0.05, 0) is 37.3 Å². The summed E-state index contributed by atoms with van der Waals surface area (Å²) in [4.78, 5) is 19.0. The van der Waals surface area contributed by atoms with Gasteiger partial charge in [0.05, 0.1) is 13.2 Å².